The van der Waals surface area contributed by atoms with Gasteiger partial charge >= 0.3 is 0 Å². The van der Waals surface area contributed by atoms with Crippen LogP contribution in [-0.2, 0) is 0 Å². The van der Waals surface area contributed by atoms with Gasteiger partial charge in [0.1, 0.15) is 0 Å². The molecule has 0 amide bonds. The van der Waals surface area contributed by atoms with Gasteiger partial charge in [0.05, 0.1) is 18.3 Å². The lowest BCUT2D eigenvalue weighted by atomic mass is 10.2. The summed E-state index contributed by atoms with van der Waals surface area (Å²) >= 11 is 5.86. The van der Waals surface area contributed by atoms with Crippen LogP contribution in [0.15, 0.2) is 24.5 Å². The van der Waals surface area contributed by atoms with Gasteiger partial charge in [0.25, 0.3) is 0 Å². The highest BCUT2D eigenvalue weighted by Crippen LogP contribution is 2.12. The van der Waals surface area contributed by atoms with E-state index in [2.05, 4.69) is 36.1 Å². The van der Waals surface area contributed by atoms with Crippen LogP contribution in [0.25, 0.3) is 0 Å². The predicted molar refractivity (Wildman–Crippen MR) is 81.1 cm³/mol. The van der Waals surface area contributed by atoms with Gasteiger partial charge in [-0.15, -0.1) is 0 Å². The van der Waals surface area contributed by atoms with Crippen molar-refractivity contribution in [2.75, 3.05) is 22.8 Å². The summed E-state index contributed by atoms with van der Waals surface area (Å²) in [5, 5.41) is 12.2. The van der Waals surface area contributed by atoms with Crippen molar-refractivity contribution in [2.24, 2.45) is 0 Å². The zero-order valence-corrected chi connectivity index (χ0v) is 12.2. The summed E-state index contributed by atoms with van der Waals surface area (Å²) in [6.45, 7) is 1.93. The molecule has 0 aliphatic carbocycles. The number of hydrogen-bond donors (Lipinski definition) is 4. The first-order chi connectivity index (χ1) is 10.2. The molecule has 8 nitrogen and oxygen atoms in total. The van der Waals surface area contributed by atoms with Crippen LogP contribution in [0.5, 0.6) is 0 Å². The third-order valence-electron chi connectivity index (χ3n) is 2.65. The second kappa shape index (κ2) is 7.55. The van der Waals surface area contributed by atoms with E-state index in [1.807, 2.05) is 6.92 Å². The summed E-state index contributed by atoms with van der Waals surface area (Å²) in [5.41, 5.74) is 6.55. The Balaban J connectivity index is 2.04. The van der Waals surface area contributed by atoms with Gasteiger partial charge in [-0.3, -0.25) is 15.8 Å². The number of pyridine rings is 1. The lowest BCUT2D eigenvalue weighted by Crippen LogP contribution is -2.24. The van der Waals surface area contributed by atoms with Gasteiger partial charge in [-0.05, 0) is 30.2 Å². The van der Waals surface area contributed by atoms with E-state index in [1.165, 1.54) is 0 Å². The molecule has 2 rings (SSSR count). The molecule has 112 valence electrons. The highest BCUT2D eigenvalue weighted by atomic mass is 35.5. The van der Waals surface area contributed by atoms with Crippen LogP contribution in [0.2, 0.25) is 5.28 Å². The van der Waals surface area contributed by atoms with Crippen molar-refractivity contribution in [3.63, 3.8) is 0 Å². The van der Waals surface area contributed by atoms with E-state index in [-0.39, 0.29) is 23.9 Å². The third kappa shape index (κ3) is 4.69. The molecule has 0 aliphatic heterocycles. The van der Waals surface area contributed by atoms with Crippen LogP contribution in [0.4, 0.5) is 17.6 Å². The molecule has 0 spiro atoms. The standard InChI is InChI=1S/C12H16ClN7O/c1-2-8(7-21)15-11-16-10(13)17-12(18-11)20-19-9-3-5-14-6-4-9/h3-6,8,21H,2,7H2,1H3,(H,14,19)(H2,15,16,17,18,20). The number of hydrazine groups is 1. The van der Waals surface area contributed by atoms with E-state index in [9.17, 15) is 5.11 Å². The van der Waals surface area contributed by atoms with E-state index >= 15 is 0 Å². The molecule has 0 saturated carbocycles. The fourth-order valence-corrected chi connectivity index (χ4v) is 1.65. The minimum atomic E-state index is -0.135. The van der Waals surface area contributed by atoms with Crippen LogP contribution in [-0.4, -0.2) is 37.7 Å². The number of anilines is 3. The van der Waals surface area contributed by atoms with Crippen molar-refractivity contribution in [3.8, 4) is 0 Å². The number of rotatable bonds is 7. The van der Waals surface area contributed by atoms with Crippen LogP contribution < -0.4 is 16.2 Å². The molecule has 2 heterocycles. The van der Waals surface area contributed by atoms with Gasteiger partial charge < -0.3 is 10.4 Å². The highest BCUT2D eigenvalue weighted by molar-refractivity contribution is 6.28. The molecule has 1 unspecified atom stereocenters. The number of nitrogens with zero attached hydrogens (tertiary/aromatic N) is 4. The Morgan fingerprint density at radius 3 is 2.52 bits per heavy atom. The van der Waals surface area contributed by atoms with Crippen molar-refractivity contribution >= 4 is 29.2 Å². The van der Waals surface area contributed by atoms with Gasteiger partial charge in [-0.1, -0.05) is 6.92 Å². The first-order valence-corrected chi connectivity index (χ1v) is 6.80. The fraction of sp³-hybridized carbons (Fsp3) is 0.333. The number of hydrogen-bond acceptors (Lipinski definition) is 8. The van der Waals surface area contributed by atoms with E-state index in [4.69, 9.17) is 11.6 Å². The van der Waals surface area contributed by atoms with Crippen LogP contribution in [0.1, 0.15) is 13.3 Å². The number of aliphatic hydroxyl groups is 1. The molecular formula is C12H16ClN7O. The summed E-state index contributed by atoms with van der Waals surface area (Å²) in [4.78, 5) is 16.0. The maximum absolute atomic E-state index is 9.18. The maximum atomic E-state index is 9.18. The number of aliphatic hydroxyl groups excluding tert-OH is 1. The zero-order valence-electron chi connectivity index (χ0n) is 11.4. The summed E-state index contributed by atoms with van der Waals surface area (Å²) < 4.78 is 0. The van der Waals surface area contributed by atoms with E-state index in [1.54, 1.807) is 24.5 Å². The molecule has 0 aliphatic rings. The lowest BCUT2D eigenvalue weighted by Gasteiger charge is -2.14. The van der Waals surface area contributed by atoms with Gasteiger partial charge in [0, 0.05) is 12.4 Å². The molecular weight excluding hydrogens is 294 g/mol. The van der Waals surface area contributed by atoms with Crippen LogP contribution in [0, 0.1) is 0 Å². The number of halogens is 1. The first-order valence-electron chi connectivity index (χ1n) is 6.42. The largest absolute Gasteiger partial charge is 0.394 e. The molecule has 2 aromatic rings. The summed E-state index contributed by atoms with van der Waals surface area (Å²) in [6, 6.07) is 3.44. The van der Waals surface area contributed by atoms with Gasteiger partial charge in [0.15, 0.2) is 0 Å². The fourth-order valence-electron chi connectivity index (χ4n) is 1.49. The molecule has 0 saturated heterocycles. The first kappa shape index (κ1) is 15.2. The second-order valence-corrected chi connectivity index (χ2v) is 4.51. The monoisotopic (exact) mass is 309 g/mol. The third-order valence-corrected chi connectivity index (χ3v) is 2.82. The minimum absolute atomic E-state index is 0.0160. The quantitative estimate of drug-likeness (QED) is 0.570. The molecule has 0 bridgehead atoms. The Morgan fingerprint density at radius 1 is 1.14 bits per heavy atom. The van der Waals surface area contributed by atoms with Crippen molar-refractivity contribution in [1.82, 2.24) is 19.9 Å². The molecule has 2 aromatic heterocycles. The Morgan fingerprint density at radius 2 is 1.86 bits per heavy atom. The van der Waals surface area contributed by atoms with E-state index in [0.717, 1.165) is 12.1 Å². The Bertz CT molecular complexity index is 565. The summed E-state index contributed by atoms with van der Waals surface area (Å²) in [7, 11) is 0. The van der Waals surface area contributed by atoms with Crippen molar-refractivity contribution in [3.05, 3.63) is 29.8 Å². The highest BCUT2D eigenvalue weighted by Gasteiger charge is 2.09. The molecule has 0 aromatic carbocycles. The topological polar surface area (TPSA) is 108 Å². The molecule has 1 atom stereocenters. The smallest absolute Gasteiger partial charge is 0.247 e. The molecule has 9 heteroatoms. The maximum Gasteiger partial charge on any atom is 0.247 e. The molecule has 21 heavy (non-hydrogen) atoms. The van der Waals surface area contributed by atoms with Crippen molar-refractivity contribution in [2.45, 2.75) is 19.4 Å². The normalized spacial score (nSPS) is 11.8. The average molecular weight is 310 g/mol. The SMILES string of the molecule is CCC(CO)Nc1nc(Cl)nc(NNc2ccncc2)n1. The molecule has 4 N–H and O–H groups in total. The zero-order chi connectivity index (χ0) is 15.1. The Hall–Kier alpha value is -2.19. The van der Waals surface area contributed by atoms with Crippen molar-refractivity contribution in [1.29, 1.82) is 0 Å². The lowest BCUT2D eigenvalue weighted by molar-refractivity contribution is 0.271. The van der Waals surface area contributed by atoms with Crippen molar-refractivity contribution < 1.29 is 5.11 Å². The van der Waals surface area contributed by atoms with Crippen LogP contribution >= 0.6 is 11.6 Å². The summed E-state index contributed by atoms with van der Waals surface area (Å²) in [5.74, 6) is 0.567. The predicted octanol–water partition coefficient (Wildman–Crippen LogP) is 1.54. The van der Waals surface area contributed by atoms with E-state index < -0.39 is 0 Å². The number of aromatic nitrogens is 4. The Kier molecular flexibility index (Phi) is 5.47. The number of nitrogens with one attached hydrogen (secondary N) is 3. The summed E-state index contributed by atoms with van der Waals surface area (Å²) in [6.07, 6.45) is 4.05. The van der Waals surface area contributed by atoms with Gasteiger partial charge in [-0.25, -0.2) is 0 Å². The van der Waals surface area contributed by atoms with Gasteiger partial charge in [0.2, 0.25) is 17.2 Å². The Labute approximate surface area is 127 Å². The van der Waals surface area contributed by atoms with Gasteiger partial charge in [-0.2, -0.15) is 15.0 Å². The van der Waals surface area contributed by atoms with E-state index in [0.29, 0.717) is 5.95 Å². The average Bonchev–Trinajstić information content (AvgIpc) is 2.51. The molecule has 0 fully saturated rings. The van der Waals surface area contributed by atoms with Crippen LogP contribution in [0.3, 0.4) is 0 Å². The second-order valence-electron chi connectivity index (χ2n) is 4.17. The molecule has 0 radical (unpaired) electrons. The minimum Gasteiger partial charge on any atom is -0.394 e.